The number of nitrogens with zero attached hydrogens (tertiary/aromatic N) is 2. The first kappa shape index (κ1) is 18.6. The Morgan fingerprint density at radius 1 is 1.29 bits per heavy atom. The first-order valence-electron chi connectivity index (χ1n) is 8.42. The Balaban J connectivity index is 2.11. The lowest BCUT2D eigenvalue weighted by molar-refractivity contribution is 0.0954. The highest BCUT2D eigenvalue weighted by Crippen LogP contribution is 2.21. The number of amides is 1. The third-order valence-corrected chi connectivity index (χ3v) is 6.19. The molecular weight excluding hydrogens is 326 g/mol. The Labute approximate surface area is 144 Å². The van der Waals surface area contributed by atoms with Crippen molar-refractivity contribution in [2.45, 2.75) is 44.4 Å². The normalized spacial score (nSPS) is 16.1. The lowest BCUT2D eigenvalue weighted by Crippen LogP contribution is -2.28. The Morgan fingerprint density at radius 3 is 2.58 bits per heavy atom. The predicted molar refractivity (Wildman–Crippen MR) is 94.5 cm³/mol. The molecule has 1 aliphatic heterocycles. The molecule has 1 fully saturated rings. The Morgan fingerprint density at radius 2 is 1.96 bits per heavy atom. The van der Waals surface area contributed by atoms with Crippen LogP contribution >= 0.6 is 0 Å². The van der Waals surface area contributed by atoms with Gasteiger partial charge in [-0.15, -0.1) is 0 Å². The molecule has 0 radical (unpaired) electrons. The molecule has 0 atom stereocenters. The number of hydrogen-bond acceptors (Lipinski definition) is 4. The minimum Gasteiger partial charge on any atom is -0.267 e. The van der Waals surface area contributed by atoms with E-state index < -0.39 is 15.9 Å². The number of hydrogen-bond donors (Lipinski definition) is 1. The summed E-state index contributed by atoms with van der Waals surface area (Å²) in [6.07, 6.45) is 5.40. The third kappa shape index (κ3) is 4.42. The average molecular weight is 351 g/mol. The van der Waals surface area contributed by atoms with E-state index in [2.05, 4.69) is 24.4 Å². The van der Waals surface area contributed by atoms with Crippen LogP contribution in [0.1, 0.15) is 49.9 Å². The summed E-state index contributed by atoms with van der Waals surface area (Å²) >= 11 is 0. The number of rotatable bonds is 7. The highest BCUT2D eigenvalue weighted by Gasteiger charge is 2.27. The van der Waals surface area contributed by atoms with E-state index in [-0.39, 0.29) is 10.5 Å². The molecule has 1 amide bonds. The molecule has 1 saturated heterocycles. The monoisotopic (exact) mass is 351 g/mol. The number of carbonyl (C=O) groups excluding carboxylic acids is 1. The van der Waals surface area contributed by atoms with Gasteiger partial charge in [0.05, 0.1) is 4.90 Å². The van der Waals surface area contributed by atoms with Gasteiger partial charge in [0.2, 0.25) is 10.0 Å². The zero-order valence-corrected chi connectivity index (χ0v) is 15.1. The average Bonchev–Trinajstić information content (AvgIpc) is 3.14. The summed E-state index contributed by atoms with van der Waals surface area (Å²) in [6, 6.07) is 6.11. The number of sulfonamides is 1. The van der Waals surface area contributed by atoms with Crippen LogP contribution in [-0.2, 0) is 10.0 Å². The highest BCUT2D eigenvalue weighted by atomic mass is 32.2. The maximum absolute atomic E-state index is 12.6. The molecule has 2 rings (SSSR count). The molecule has 1 aromatic rings. The molecule has 0 bridgehead atoms. The van der Waals surface area contributed by atoms with Gasteiger partial charge in [0.25, 0.3) is 5.91 Å². The van der Waals surface area contributed by atoms with Crippen LogP contribution in [0.2, 0.25) is 0 Å². The van der Waals surface area contributed by atoms with Gasteiger partial charge in [-0.25, -0.2) is 13.8 Å². The minimum atomic E-state index is -3.52. The van der Waals surface area contributed by atoms with Crippen molar-refractivity contribution in [2.24, 2.45) is 11.0 Å². The van der Waals surface area contributed by atoms with E-state index in [4.69, 9.17) is 0 Å². The Hall–Kier alpha value is -1.73. The van der Waals surface area contributed by atoms with Gasteiger partial charge < -0.3 is 0 Å². The van der Waals surface area contributed by atoms with Crippen molar-refractivity contribution in [3.63, 3.8) is 0 Å². The van der Waals surface area contributed by atoms with Crippen LogP contribution in [0.4, 0.5) is 0 Å². The molecule has 0 saturated carbocycles. The second kappa shape index (κ2) is 8.39. The van der Waals surface area contributed by atoms with Gasteiger partial charge in [0, 0.05) is 24.9 Å². The molecule has 0 aromatic heterocycles. The summed E-state index contributed by atoms with van der Waals surface area (Å²) in [6.45, 7) is 5.21. The number of nitrogens with one attached hydrogen (secondary N) is 1. The Bertz CT molecular complexity index is 691. The minimum absolute atomic E-state index is 0.154. The zero-order valence-electron chi connectivity index (χ0n) is 14.2. The van der Waals surface area contributed by atoms with Crippen molar-refractivity contribution in [3.05, 3.63) is 29.8 Å². The molecule has 0 aliphatic carbocycles. The second-order valence-electron chi connectivity index (χ2n) is 5.93. The molecule has 1 N–H and O–H groups in total. The molecule has 7 heteroatoms. The van der Waals surface area contributed by atoms with E-state index in [0.717, 1.165) is 25.7 Å². The van der Waals surface area contributed by atoms with Crippen LogP contribution in [0.3, 0.4) is 0 Å². The van der Waals surface area contributed by atoms with Gasteiger partial charge in [-0.3, -0.25) is 4.79 Å². The summed E-state index contributed by atoms with van der Waals surface area (Å²) in [5.41, 5.74) is 2.76. The van der Waals surface area contributed by atoms with Crippen molar-refractivity contribution in [1.29, 1.82) is 0 Å². The van der Waals surface area contributed by atoms with Gasteiger partial charge in [-0.2, -0.15) is 9.41 Å². The molecule has 1 heterocycles. The molecule has 1 aromatic carbocycles. The fraction of sp³-hybridized carbons (Fsp3) is 0.529. The van der Waals surface area contributed by atoms with E-state index in [0.29, 0.717) is 19.0 Å². The SMILES string of the molecule is CCC(/C=N\NC(=O)c1cccc(S(=O)(=O)N2CCCC2)c1)CC. The van der Waals surface area contributed by atoms with E-state index in [1.54, 1.807) is 18.3 Å². The summed E-state index contributed by atoms with van der Waals surface area (Å²) in [5, 5.41) is 3.97. The van der Waals surface area contributed by atoms with E-state index in [1.165, 1.54) is 16.4 Å². The van der Waals surface area contributed by atoms with Gasteiger partial charge in [0.15, 0.2) is 0 Å². The van der Waals surface area contributed by atoms with Gasteiger partial charge in [0.1, 0.15) is 0 Å². The maximum atomic E-state index is 12.6. The second-order valence-corrected chi connectivity index (χ2v) is 7.87. The zero-order chi connectivity index (χ0) is 17.6. The summed E-state index contributed by atoms with van der Waals surface area (Å²) in [5.74, 6) is -0.0807. The lowest BCUT2D eigenvalue weighted by atomic mass is 10.1. The fourth-order valence-corrected chi connectivity index (χ4v) is 4.20. The predicted octanol–water partition coefficient (Wildman–Crippen LogP) is 2.62. The van der Waals surface area contributed by atoms with Crippen molar-refractivity contribution in [2.75, 3.05) is 13.1 Å². The largest absolute Gasteiger partial charge is 0.271 e. The van der Waals surface area contributed by atoms with E-state index in [9.17, 15) is 13.2 Å². The lowest BCUT2D eigenvalue weighted by Gasteiger charge is -2.15. The first-order valence-corrected chi connectivity index (χ1v) is 9.86. The van der Waals surface area contributed by atoms with Gasteiger partial charge >= 0.3 is 0 Å². The summed E-state index contributed by atoms with van der Waals surface area (Å²) in [7, 11) is -3.52. The van der Waals surface area contributed by atoms with Crippen molar-refractivity contribution >= 4 is 22.1 Å². The van der Waals surface area contributed by atoms with Crippen LogP contribution in [0.25, 0.3) is 0 Å². The maximum Gasteiger partial charge on any atom is 0.271 e. The molecule has 24 heavy (non-hydrogen) atoms. The van der Waals surface area contributed by atoms with Crippen molar-refractivity contribution in [3.8, 4) is 0 Å². The summed E-state index contributed by atoms with van der Waals surface area (Å²) in [4.78, 5) is 12.3. The van der Waals surface area contributed by atoms with Crippen LogP contribution in [-0.4, -0.2) is 37.9 Å². The number of hydrazone groups is 1. The molecule has 6 nitrogen and oxygen atoms in total. The van der Waals surface area contributed by atoms with Crippen LogP contribution < -0.4 is 5.43 Å². The first-order chi connectivity index (χ1) is 11.5. The van der Waals surface area contributed by atoms with Gasteiger partial charge in [-0.05, 0) is 49.8 Å². The van der Waals surface area contributed by atoms with E-state index in [1.807, 2.05) is 0 Å². The van der Waals surface area contributed by atoms with Crippen LogP contribution in [0, 0.1) is 5.92 Å². The summed E-state index contributed by atoms with van der Waals surface area (Å²) < 4.78 is 26.6. The Kier molecular flexibility index (Phi) is 6.51. The molecule has 1 aliphatic rings. The van der Waals surface area contributed by atoms with Gasteiger partial charge in [-0.1, -0.05) is 19.9 Å². The number of carbonyl (C=O) groups is 1. The van der Waals surface area contributed by atoms with Crippen LogP contribution in [0.5, 0.6) is 0 Å². The van der Waals surface area contributed by atoms with Crippen molar-refractivity contribution < 1.29 is 13.2 Å². The quantitative estimate of drug-likeness (QED) is 0.606. The van der Waals surface area contributed by atoms with Crippen LogP contribution in [0.15, 0.2) is 34.3 Å². The smallest absolute Gasteiger partial charge is 0.267 e. The third-order valence-electron chi connectivity index (χ3n) is 4.30. The fourth-order valence-electron chi connectivity index (χ4n) is 2.64. The molecule has 0 spiro atoms. The molecule has 132 valence electrons. The standard InChI is InChI=1S/C17H25N3O3S/c1-3-14(4-2)13-18-19-17(21)15-8-7-9-16(12-15)24(22,23)20-10-5-6-11-20/h7-9,12-14H,3-6,10-11H2,1-2H3,(H,19,21)/b18-13-. The molecule has 0 unspecified atom stereocenters. The topological polar surface area (TPSA) is 78.8 Å². The highest BCUT2D eigenvalue weighted by molar-refractivity contribution is 7.89. The number of benzene rings is 1. The van der Waals surface area contributed by atoms with E-state index >= 15 is 0 Å². The van der Waals surface area contributed by atoms with Crippen molar-refractivity contribution in [1.82, 2.24) is 9.73 Å². The molecular formula is C17H25N3O3S.